The van der Waals surface area contributed by atoms with Crippen molar-refractivity contribution in [1.82, 2.24) is 0 Å². The van der Waals surface area contributed by atoms with Crippen molar-refractivity contribution in [3.8, 4) is 11.5 Å². The third kappa shape index (κ3) is 8.02. The predicted molar refractivity (Wildman–Crippen MR) is 92.8 cm³/mol. The minimum atomic E-state index is 0. The maximum Gasteiger partial charge on any atom is 1.00 e. The van der Waals surface area contributed by atoms with E-state index in [0.717, 1.165) is 43.8 Å². The molecule has 0 N–H and O–H groups in total. The van der Waals surface area contributed by atoms with E-state index < -0.39 is 0 Å². The zero-order valence-corrected chi connectivity index (χ0v) is 16.0. The summed E-state index contributed by atoms with van der Waals surface area (Å²) >= 11 is 0. The second kappa shape index (κ2) is 13.5. The van der Waals surface area contributed by atoms with Crippen molar-refractivity contribution >= 4 is 0 Å². The van der Waals surface area contributed by atoms with E-state index >= 15 is 0 Å². The van der Waals surface area contributed by atoms with Gasteiger partial charge in [-0.25, -0.2) is 0 Å². The van der Waals surface area contributed by atoms with Crippen molar-refractivity contribution in [2.45, 2.75) is 46.1 Å². The Kier molecular flexibility index (Phi) is 12.1. The molecule has 0 fully saturated rings. The third-order valence-electron chi connectivity index (χ3n) is 3.86. The number of hydrogen-bond donors (Lipinski definition) is 0. The molecule has 0 saturated heterocycles. The molecule has 25 heavy (non-hydrogen) atoms. The summed E-state index contributed by atoms with van der Waals surface area (Å²) in [5, 5.41) is 0. The van der Waals surface area contributed by atoms with Crippen LogP contribution in [0.4, 0.5) is 0 Å². The van der Waals surface area contributed by atoms with Crippen LogP contribution >= 0.6 is 0 Å². The van der Waals surface area contributed by atoms with E-state index in [4.69, 9.17) is 23.7 Å². The molecule has 0 atom stereocenters. The fourth-order valence-electron chi connectivity index (χ4n) is 2.53. The Labute approximate surface area is 163 Å². The van der Waals surface area contributed by atoms with E-state index in [1.165, 1.54) is 11.1 Å². The standard InChI is InChI=1S/C19H30O5.Li/c1-3-5-7-20-8-9-21-10-11-22-14-17-13-19-18(23-15-24-19)12-16(17)6-4-2;/h12-13H,3-11,14-15H2,1-2H3;/q;+1. The molecular weight excluding hydrogens is 315 g/mol. The summed E-state index contributed by atoms with van der Waals surface area (Å²) in [5.74, 6) is 1.66. The van der Waals surface area contributed by atoms with Crippen LogP contribution in [0.25, 0.3) is 0 Å². The zero-order chi connectivity index (χ0) is 17.0. The first-order chi connectivity index (χ1) is 11.8. The van der Waals surface area contributed by atoms with Gasteiger partial charge in [-0.3, -0.25) is 0 Å². The van der Waals surface area contributed by atoms with Gasteiger partial charge in [-0.1, -0.05) is 26.7 Å². The van der Waals surface area contributed by atoms with Gasteiger partial charge in [0.1, 0.15) is 0 Å². The molecule has 6 heteroatoms. The Bertz CT molecular complexity index is 481. The summed E-state index contributed by atoms with van der Waals surface area (Å²) in [4.78, 5) is 0. The molecule has 0 saturated carbocycles. The second-order valence-corrected chi connectivity index (χ2v) is 5.86. The van der Waals surface area contributed by atoms with Gasteiger partial charge in [-0.05, 0) is 36.1 Å². The average Bonchev–Trinajstić information content (AvgIpc) is 3.04. The van der Waals surface area contributed by atoms with E-state index in [-0.39, 0.29) is 18.9 Å². The monoisotopic (exact) mass is 345 g/mol. The molecule has 0 bridgehead atoms. The third-order valence-corrected chi connectivity index (χ3v) is 3.86. The van der Waals surface area contributed by atoms with Gasteiger partial charge in [-0.2, -0.15) is 0 Å². The van der Waals surface area contributed by atoms with Crippen molar-refractivity contribution in [3.05, 3.63) is 23.3 Å². The Morgan fingerprint density at radius 1 is 0.800 bits per heavy atom. The molecule has 1 aromatic carbocycles. The molecule has 1 heterocycles. The Balaban J connectivity index is 0.00000312. The first-order valence-electron chi connectivity index (χ1n) is 8.99. The van der Waals surface area contributed by atoms with Gasteiger partial charge >= 0.3 is 18.9 Å². The first kappa shape index (κ1) is 22.3. The number of aryl methyl sites for hydroxylation is 1. The molecular formula is C19H30LiO5+. The van der Waals surface area contributed by atoms with Gasteiger partial charge in [0, 0.05) is 6.61 Å². The minimum absolute atomic E-state index is 0. The second-order valence-electron chi connectivity index (χ2n) is 5.86. The summed E-state index contributed by atoms with van der Waals surface area (Å²) in [6.07, 6.45) is 4.38. The normalized spacial score (nSPS) is 12.2. The van der Waals surface area contributed by atoms with Gasteiger partial charge in [0.15, 0.2) is 11.5 Å². The molecule has 1 aliphatic rings. The molecule has 1 aliphatic heterocycles. The van der Waals surface area contributed by atoms with Gasteiger partial charge in [0.05, 0.1) is 33.0 Å². The Hall–Kier alpha value is -0.703. The van der Waals surface area contributed by atoms with Crippen LogP contribution < -0.4 is 28.3 Å². The van der Waals surface area contributed by atoms with Crippen LogP contribution in [-0.4, -0.2) is 39.8 Å². The molecule has 5 nitrogen and oxygen atoms in total. The average molecular weight is 345 g/mol. The maximum absolute atomic E-state index is 5.75. The summed E-state index contributed by atoms with van der Waals surface area (Å²) in [7, 11) is 0. The number of benzene rings is 1. The molecule has 136 valence electrons. The van der Waals surface area contributed by atoms with Crippen molar-refractivity contribution in [2.24, 2.45) is 0 Å². The minimum Gasteiger partial charge on any atom is -0.454 e. The fourth-order valence-corrected chi connectivity index (χ4v) is 2.53. The van der Waals surface area contributed by atoms with E-state index in [1.54, 1.807) is 0 Å². The van der Waals surface area contributed by atoms with Gasteiger partial charge in [-0.15, -0.1) is 0 Å². The van der Waals surface area contributed by atoms with E-state index in [2.05, 4.69) is 19.9 Å². The van der Waals surface area contributed by atoms with Crippen LogP contribution in [0, 0.1) is 0 Å². The SMILES string of the molecule is CCCCOCCOCCOCc1cc2c(cc1CCC)OCO2.[Li+]. The van der Waals surface area contributed by atoms with Crippen LogP contribution in [0.15, 0.2) is 12.1 Å². The molecule has 0 spiro atoms. The maximum atomic E-state index is 5.75. The topological polar surface area (TPSA) is 46.2 Å². The summed E-state index contributed by atoms with van der Waals surface area (Å²) in [6.45, 7) is 8.47. The predicted octanol–water partition coefficient (Wildman–Crippen LogP) is 0.722. The first-order valence-corrected chi connectivity index (χ1v) is 8.99. The zero-order valence-electron chi connectivity index (χ0n) is 16.0. The number of rotatable bonds is 13. The van der Waals surface area contributed by atoms with Crippen molar-refractivity contribution in [3.63, 3.8) is 0 Å². The quantitative estimate of drug-likeness (QED) is 0.389. The van der Waals surface area contributed by atoms with Crippen LogP contribution in [0.5, 0.6) is 11.5 Å². The Morgan fingerprint density at radius 3 is 2.04 bits per heavy atom. The molecule has 0 amide bonds. The Morgan fingerprint density at radius 2 is 1.40 bits per heavy atom. The van der Waals surface area contributed by atoms with Crippen molar-refractivity contribution < 1.29 is 42.5 Å². The molecule has 0 unspecified atom stereocenters. The van der Waals surface area contributed by atoms with Gasteiger partial charge < -0.3 is 23.7 Å². The van der Waals surface area contributed by atoms with Crippen LogP contribution in [0.2, 0.25) is 0 Å². The number of hydrogen-bond acceptors (Lipinski definition) is 5. The number of fused-ring (bicyclic) bond motifs is 1. The number of unbranched alkanes of at least 4 members (excludes halogenated alkanes) is 1. The van der Waals surface area contributed by atoms with E-state index in [0.29, 0.717) is 39.8 Å². The summed E-state index contributed by atoms with van der Waals surface area (Å²) in [6, 6.07) is 4.12. The van der Waals surface area contributed by atoms with Crippen molar-refractivity contribution in [1.29, 1.82) is 0 Å². The fraction of sp³-hybridized carbons (Fsp3) is 0.684. The molecule has 0 aromatic heterocycles. The molecule has 2 rings (SSSR count). The molecule has 1 aromatic rings. The van der Waals surface area contributed by atoms with E-state index in [1.807, 2.05) is 6.07 Å². The van der Waals surface area contributed by atoms with Gasteiger partial charge in [0.25, 0.3) is 0 Å². The van der Waals surface area contributed by atoms with Gasteiger partial charge in [0.2, 0.25) is 6.79 Å². The van der Waals surface area contributed by atoms with E-state index in [9.17, 15) is 0 Å². The van der Waals surface area contributed by atoms with Crippen LogP contribution in [-0.2, 0) is 27.2 Å². The summed E-state index contributed by atoms with van der Waals surface area (Å²) in [5.41, 5.74) is 2.44. The smallest absolute Gasteiger partial charge is 0.454 e. The van der Waals surface area contributed by atoms with Crippen LogP contribution in [0.1, 0.15) is 44.2 Å². The summed E-state index contributed by atoms with van der Waals surface area (Å²) < 4.78 is 27.6. The van der Waals surface area contributed by atoms with Crippen LogP contribution in [0.3, 0.4) is 0 Å². The molecule has 0 aliphatic carbocycles. The molecule has 0 radical (unpaired) electrons. The largest absolute Gasteiger partial charge is 1.00 e. The number of ether oxygens (including phenoxy) is 5. The van der Waals surface area contributed by atoms with Crippen molar-refractivity contribution in [2.75, 3.05) is 39.8 Å².